The number of thiocarbonyl (C=S) groups is 1. The van der Waals surface area contributed by atoms with Gasteiger partial charge in [-0.1, -0.05) is 32.0 Å². The molecule has 1 heterocycles. The number of benzene rings is 1. The van der Waals surface area contributed by atoms with Gasteiger partial charge in [0.2, 0.25) is 0 Å². The predicted octanol–water partition coefficient (Wildman–Crippen LogP) is 4.07. The summed E-state index contributed by atoms with van der Waals surface area (Å²) in [6.07, 6.45) is -4.49. The number of aliphatic hydroxyl groups excluding tert-OH is 1. The lowest BCUT2D eigenvalue weighted by molar-refractivity contribution is -0.147. The number of nitrogens with zero attached hydrogens (tertiary/aromatic N) is 2. The zero-order chi connectivity index (χ0) is 22.8. The molecule has 1 saturated heterocycles. The average Bonchev–Trinajstić information content (AvgIpc) is 3.09. The minimum absolute atomic E-state index is 0.0129. The lowest BCUT2D eigenvalue weighted by atomic mass is 9.56. The Morgan fingerprint density at radius 2 is 1.97 bits per heavy atom. The number of carbonyl (C=O) groups excluding carboxylic acids is 1. The number of alkyl halides is 3. The molecule has 9 heteroatoms. The first kappa shape index (κ1) is 22.0. The van der Waals surface area contributed by atoms with Crippen LogP contribution in [0.15, 0.2) is 18.2 Å². The van der Waals surface area contributed by atoms with E-state index in [2.05, 4.69) is 10.2 Å². The molecule has 1 aliphatic heterocycles. The van der Waals surface area contributed by atoms with Gasteiger partial charge in [-0.3, -0.25) is 9.69 Å². The van der Waals surface area contributed by atoms with Crippen molar-refractivity contribution in [1.82, 2.24) is 10.2 Å². The Labute approximate surface area is 184 Å². The molecule has 2 fully saturated rings. The fraction of sp³-hybridized carbons (Fsp3) is 0.591. The fourth-order valence-electron chi connectivity index (χ4n) is 6.05. The summed E-state index contributed by atoms with van der Waals surface area (Å²) >= 11 is 5.36. The Hall–Kier alpha value is -2.18. The van der Waals surface area contributed by atoms with E-state index < -0.39 is 42.1 Å². The number of nitrogens with one attached hydrogen (secondary N) is 1. The first-order chi connectivity index (χ1) is 14.4. The maximum atomic E-state index is 13.9. The normalized spacial score (nSPS) is 34.9. The third-order valence-electron chi connectivity index (χ3n) is 7.27. The van der Waals surface area contributed by atoms with Gasteiger partial charge in [0, 0.05) is 12.0 Å². The second kappa shape index (κ2) is 7.17. The van der Waals surface area contributed by atoms with Gasteiger partial charge in [0.25, 0.3) is 5.91 Å². The Kier molecular flexibility index (Phi) is 5.10. The van der Waals surface area contributed by atoms with Crippen molar-refractivity contribution >= 4 is 28.9 Å². The quantitative estimate of drug-likeness (QED) is 0.526. The van der Waals surface area contributed by atoms with E-state index in [1.165, 1.54) is 0 Å². The van der Waals surface area contributed by atoms with Crippen molar-refractivity contribution in [3.8, 4) is 0 Å². The third kappa shape index (κ3) is 3.23. The molecule has 1 amide bonds. The van der Waals surface area contributed by atoms with Gasteiger partial charge in [0.05, 0.1) is 19.1 Å². The molecule has 5 nitrogen and oxygen atoms in total. The molecule has 4 rings (SSSR count). The van der Waals surface area contributed by atoms with Crippen LogP contribution in [0.25, 0.3) is 4.85 Å². The predicted molar refractivity (Wildman–Crippen MR) is 112 cm³/mol. The van der Waals surface area contributed by atoms with Gasteiger partial charge in [0.15, 0.2) is 10.8 Å². The van der Waals surface area contributed by atoms with E-state index >= 15 is 0 Å². The van der Waals surface area contributed by atoms with Gasteiger partial charge in [-0.05, 0) is 54.4 Å². The van der Waals surface area contributed by atoms with Crippen LogP contribution in [0.3, 0.4) is 0 Å². The summed E-state index contributed by atoms with van der Waals surface area (Å²) in [5.74, 6) is -0.677. The van der Waals surface area contributed by atoms with Crippen LogP contribution < -0.4 is 5.32 Å². The molecule has 2 N–H and O–H groups in total. The Morgan fingerprint density at radius 1 is 1.32 bits per heavy atom. The summed E-state index contributed by atoms with van der Waals surface area (Å²) in [5.41, 5.74) is -0.0964. The molecule has 1 aromatic carbocycles. The molecular weight excluding hydrogens is 427 g/mol. The number of fused-ring (bicyclic) bond motifs is 3. The van der Waals surface area contributed by atoms with Crippen molar-refractivity contribution < 1.29 is 23.1 Å². The van der Waals surface area contributed by atoms with Gasteiger partial charge >= 0.3 is 6.18 Å². The number of halogens is 3. The van der Waals surface area contributed by atoms with Crippen LogP contribution in [0.1, 0.15) is 44.2 Å². The van der Waals surface area contributed by atoms with E-state index in [4.69, 9.17) is 18.8 Å². The minimum atomic E-state index is -4.41. The van der Waals surface area contributed by atoms with E-state index in [0.29, 0.717) is 30.5 Å². The second-order valence-electron chi connectivity index (χ2n) is 9.27. The third-order valence-corrected chi connectivity index (χ3v) is 7.59. The van der Waals surface area contributed by atoms with Gasteiger partial charge in [-0.2, -0.15) is 13.2 Å². The highest BCUT2D eigenvalue weighted by Gasteiger charge is 2.68. The Bertz CT molecular complexity index is 977. The highest BCUT2D eigenvalue weighted by Crippen LogP contribution is 2.62. The van der Waals surface area contributed by atoms with Crippen molar-refractivity contribution in [2.45, 2.75) is 57.3 Å². The summed E-state index contributed by atoms with van der Waals surface area (Å²) in [6, 6.07) is 5.19. The first-order valence-corrected chi connectivity index (χ1v) is 10.7. The maximum Gasteiger partial charge on any atom is 0.390 e. The molecule has 3 aliphatic rings. The van der Waals surface area contributed by atoms with Crippen molar-refractivity contribution in [1.29, 1.82) is 0 Å². The summed E-state index contributed by atoms with van der Waals surface area (Å²) in [4.78, 5) is 18.4. The van der Waals surface area contributed by atoms with Crippen LogP contribution in [0.2, 0.25) is 0 Å². The molecule has 0 radical (unpaired) electrons. The van der Waals surface area contributed by atoms with Crippen molar-refractivity contribution in [2.24, 2.45) is 17.3 Å². The first-order valence-electron chi connectivity index (χ1n) is 10.3. The van der Waals surface area contributed by atoms with Gasteiger partial charge in [0.1, 0.15) is 5.54 Å². The highest BCUT2D eigenvalue weighted by atomic mass is 32.1. The Morgan fingerprint density at radius 3 is 2.55 bits per heavy atom. The van der Waals surface area contributed by atoms with Crippen LogP contribution in [-0.2, 0) is 16.8 Å². The monoisotopic (exact) mass is 451 g/mol. The van der Waals surface area contributed by atoms with Crippen molar-refractivity contribution in [3.05, 3.63) is 40.7 Å². The summed E-state index contributed by atoms with van der Waals surface area (Å²) in [7, 11) is 0. The number of amides is 1. The van der Waals surface area contributed by atoms with E-state index in [1.807, 2.05) is 19.9 Å². The summed E-state index contributed by atoms with van der Waals surface area (Å²) in [5, 5.41) is 13.7. The fourth-order valence-corrected chi connectivity index (χ4v) is 6.38. The number of hydrogen-bond acceptors (Lipinski definition) is 3. The molecule has 5 atom stereocenters. The molecule has 1 saturated carbocycles. The second-order valence-corrected chi connectivity index (χ2v) is 9.65. The van der Waals surface area contributed by atoms with Crippen LogP contribution >= 0.6 is 12.2 Å². The molecule has 0 aromatic heterocycles. The molecule has 2 spiro atoms. The zero-order valence-corrected chi connectivity index (χ0v) is 18.1. The lowest BCUT2D eigenvalue weighted by Gasteiger charge is -2.50. The number of hydrogen-bond donors (Lipinski definition) is 2. The molecule has 0 bridgehead atoms. The maximum absolute atomic E-state index is 13.9. The van der Waals surface area contributed by atoms with Crippen LogP contribution in [0, 0.1) is 23.8 Å². The molecule has 2 aliphatic carbocycles. The minimum Gasteiger partial charge on any atom is -0.393 e. The largest absolute Gasteiger partial charge is 0.393 e. The summed E-state index contributed by atoms with van der Waals surface area (Å²) < 4.78 is 38.7. The topological polar surface area (TPSA) is 56.9 Å². The smallest absolute Gasteiger partial charge is 0.390 e. The van der Waals surface area contributed by atoms with Crippen molar-refractivity contribution in [2.75, 3.05) is 6.54 Å². The molecule has 2 unspecified atom stereocenters. The standard InChI is InChI=1S/C22H24F3N3O2S/c1-12-9-20(10-13(2)17(12)29)11-14-4-5-15(26-3)8-16(14)22(20)18(30)28(19(31)27-22)7-6-21(23,24)25/h4-5,8,12-13,17,29H,6-7,9-11H2,1-2H3,(H,27,31)/t12-,13+,17?,20?,22-/m1/s1. The lowest BCUT2D eigenvalue weighted by Crippen LogP contribution is -2.59. The highest BCUT2D eigenvalue weighted by molar-refractivity contribution is 7.80. The van der Waals surface area contributed by atoms with Gasteiger partial charge in [-0.15, -0.1) is 0 Å². The van der Waals surface area contributed by atoms with Crippen LogP contribution in [0.4, 0.5) is 18.9 Å². The van der Waals surface area contributed by atoms with E-state index in [-0.39, 0.29) is 16.9 Å². The van der Waals surface area contributed by atoms with E-state index in [0.717, 1.165) is 10.5 Å². The van der Waals surface area contributed by atoms with Crippen LogP contribution in [0.5, 0.6) is 0 Å². The molecule has 166 valence electrons. The molecular formula is C22H24F3N3O2S. The summed E-state index contributed by atoms with van der Waals surface area (Å²) in [6.45, 7) is 10.7. The number of aliphatic hydroxyl groups is 1. The molecule has 31 heavy (non-hydrogen) atoms. The van der Waals surface area contributed by atoms with Crippen molar-refractivity contribution in [3.63, 3.8) is 0 Å². The average molecular weight is 452 g/mol. The number of carbonyl (C=O) groups is 1. The van der Waals surface area contributed by atoms with Gasteiger partial charge in [-0.25, -0.2) is 4.85 Å². The van der Waals surface area contributed by atoms with E-state index in [1.54, 1.807) is 12.1 Å². The zero-order valence-electron chi connectivity index (χ0n) is 17.3. The number of rotatable bonds is 2. The molecule has 1 aromatic rings. The van der Waals surface area contributed by atoms with Crippen LogP contribution in [-0.4, -0.2) is 39.9 Å². The SMILES string of the molecule is [C-]#[N+]c1ccc2c(c1)[C@]1(NC(=S)N(CCC(F)(F)F)C1=O)C1(C2)C[C@@H](C)C(O)[C@@H](C)C1. The van der Waals surface area contributed by atoms with Gasteiger partial charge < -0.3 is 10.4 Å². The Balaban J connectivity index is 1.85. The van der Waals surface area contributed by atoms with E-state index in [9.17, 15) is 23.1 Å².